The number of aromatic nitrogens is 2. The van der Waals surface area contributed by atoms with E-state index in [1.54, 1.807) is 12.1 Å². The van der Waals surface area contributed by atoms with Gasteiger partial charge in [-0.3, -0.25) is 0 Å². The number of benzene rings is 2. The molecule has 1 aliphatic carbocycles. The Morgan fingerprint density at radius 1 is 1.12 bits per heavy atom. The highest BCUT2D eigenvalue weighted by Gasteiger charge is 2.28. The summed E-state index contributed by atoms with van der Waals surface area (Å²) >= 11 is 0. The van der Waals surface area contributed by atoms with Crippen molar-refractivity contribution >= 4 is 0 Å². The van der Waals surface area contributed by atoms with Gasteiger partial charge in [0, 0.05) is 31.0 Å². The van der Waals surface area contributed by atoms with Crippen molar-refractivity contribution in [3.8, 4) is 11.1 Å². The molecule has 1 heterocycles. The Hall–Kier alpha value is -2.53. The number of rotatable bonds is 7. The van der Waals surface area contributed by atoms with Crippen molar-refractivity contribution in [2.45, 2.75) is 31.7 Å². The third kappa shape index (κ3) is 3.94. The highest BCUT2D eigenvalue weighted by atomic mass is 19.1. The molecule has 0 bridgehead atoms. The minimum absolute atomic E-state index is 0.199. The van der Waals surface area contributed by atoms with Gasteiger partial charge < -0.3 is 9.84 Å². The van der Waals surface area contributed by atoms with Gasteiger partial charge in [0.15, 0.2) is 5.82 Å². The van der Waals surface area contributed by atoms with Gasteiger partial charge in [0.25, 0.3) is 0 Å². The Bertz CT molecular complexity index is 857. The van der Waals surface area contributed by atoms with Crippen LogP contribution in [0.5, 0.6) is 0 Å². The van der Waals surface area contributed by atoms with E-state index >= 15 is 0 Å². The fourth-order valence-corrected chi connectivity index (χ4v) is 2.85. The van der Waals surface area contributed by atoms with Crippen LogP contribution in [0.3, 0.4) is 0 Å². The summed E-state index contributed by atoms with van der Waals surface area (Å²) in [6, 6.07) is 14.8. The molecule has 3 aromatic rings. The van der Waals surface area contributed by atoms with Crippen LogP contribution in [0, 0.1) is 5.82 Å². The van der Waals surface area contributed by atoms with Crippen molar-refractivity contribution in [1.29, 1.82) is 0 Å². The summed E-state index contributed by atoms with van der Waals surface area (Å²) in [6.45, 7) is 1.47. The van der Waals surface area contributed by atoms with Gasteiger partial charge in [0.1, 0.15) is 5.82 Å². The molecule has 0 radical (unpaired) electrons. The lowest BCUT2D eigenvalue weighted by Gasteiger charge is -2.07. The third-order valence-corrected chi connectivity index (χ3v) is 4.38. The first-order valence-corrected chi connectivity index (χ1v) is 8.66. The molecular formula is C20H20FN3O. The zero-order valence-electron chi connectivity index (χ0n) is 13.9. The molecule has 25 heavy (non-hydrogen) atoms. The number of halogens is 1. The summed E-state index contributed by atoms with van der Waals surface area (Å²) < 4.78 is 19.2. The number of nitrogens with zero attached hydrogens (tertiary/aromatic N) is 2. The molecule has 128 valence electrons. The van der Waals surface area contributed by atoms with Crippen LogP contribution >= 0.6 is 0 Å². The molecule has 4 rings (SSSR count). The first-order chi connectivity index (χ1) is 12.3. The predicted octanol–water partition coefficient (Wildman–Crippen LogP) is 4.09. The highest BCUT2D eigenvalue weighted by molar-refractivity contribution is 5.64. The van der Waals surface area contributed by atoms with E-state index in [0.717, 1.165) is 23.5 Å². The monoisotopic (exact) mass is 337 g/mol. The normalized spacial score (nSPS) is 14.0. The second kappa shape index (κ2) is 7.15. The summed E-state index contributed by atoms with van der Waals surface area (Å²) in [7, 11) is 0. The van der Waals surface area contributed by atoms with Crippen LogP contribution in [-0.4, -0.2) is 16.7 Å². The van der Waals surface area contributed by atoms with Crippen LogP contribution < -0.4 is 5.32 Å². The molecule has 5 heteroatoms. The maximum atomic E-state index is 13.9. The minimum atomic E-state index is -0.199. The average Bonchev–Trinajstić information content (AvgIpc) is 3.38. The standard InChI is InChI=1S/C20H20FN3O/c21-18-7-2-1-6-17(18)16-5-3-4-14(12-16)13-22-11-10-19-23-20(24-25-19)15-8-9-15/h1-7,12,15,22H,8-11,13H2. The van der Waals surface area contributed by atoms with Gasteiger partial charge in [-0.2, -0.15) is 4.98 Å². The molecule has 1 aromatic heterocycles. The molecule has 0 spiro atoms. The van der Waals surface area contributed by atoms with Gasteiger partial charge in [-0.25, -0.2) is 4.39 Å². The van der Waals surface area contributed by atoms with Crippen molar-refractivity contribution in [2.24, 2.45) is 0 Å². The summed E-state index contributed by atoms with van der Waals surface area (Å²) in [4.78, 5) is 4.42. The van der Waals surface area contributed by atoms with Crippen LogP contribution in [-0.2, 0) is 13.0 Å². The molecule has 2 aromatic carbocycles. The zero-order valence-corrected chi connectivity index (χ0v) is 13.9. The molecular weight excluding hydrogens is 317 g/mol. The molecule has 0 unspecified atom stereocenters. The highest BCUT2D eigenvalue weighted by Crippen LogP contribution is 2.38. The Kier molecular flexibility index (Phi) is 4.57. The second-order valence-electron chi connectivity index (χ2n) is 6.43. The van der Waals surface area contributed by atoms with Crippen molar-refractivity contribution in [2.75, 3.05) is 6.54 Å². The predicted molar refractivity (Wildman–Crippen MR) is 93.5 cm³/mol. The molecule has 0 atom stereocenters. The maximum absolute atomic E-state index is 13.9. The van der Waals surface area contributed by atoms with E-state index in [0.29, 0.717) is 30.3 Å². The van der Waals surface area contributed by atoms with Crippen LogP contribution in [0.1, 0.15) is 36.0 Å². The van der Waals surface area contributed by atoms with E-state index < -0.39 is 0 Å². The average molecular weight is 337 g/mol. The summed E-state index contributed by atoms with van der Waals surface area (Å²) in [5, 5.41) is 7.40. The van der Waals surface area contributed by atoms with E-state index in [2.05, 4.69) is 15.5 Å². The van der Waals surface area contributed by atoms with Gasteiger partial charge in [-0.1, -0.05) is 41.6 Å². The van der Waals surface area contributed by atoms with Crippen LogP contribution in [0.4, 0.5) is 4.39 Å². The van der Waals surface area contributed by atoms with Crippen molar-refractivity contribution < 1.29 is 8.91 Å². The Balaban J connectivity index is 1.32. The molecule has 1 N–H and O–H groups in total. The summed E-state index contributed by atoms with van der Waals surface area (Å²) in [5.74, 6) is 1.86. The van der Waals surface area contributed by atoms with Gasteiger partial charge in [0.2, 0.25) is 5.89 Å². The van der Waals surface area contributed by atoms with Crippen molar-refractivity contribution in [3.63, 3.8) is 0 Å². The van der Waals surface area contributed by atoms with E-state index in [1.165, 1.54) is 18.9 Å². The van der Waals surface area contributed by atoms with Crippen molar-refractivity contribution in [3.05, 3.63) is 71.6 Å². The van der Waals surface area contributed by atoms with E-state index in [-0.39, 0.29) is 5.82 Å². The zero-order chi connectivity index (χ0) is 17.1. The fraction of sp³-hybridized carbons (Fsp3) is 0.300. The first-order valence-electron chi connectivity index (χ1n) is 8.66. The SMILES string of the molecule is Fc1ccccc1-c1cccc(CNCCc2nc(C3CC3)no2)c1. The molecule has 1 fully saturated rings. The Labute approximate surface area is 146 Å². The minimum Gasteiger partial charge on any atom is -0.339 e. The third-order valence-electron chi connectivity index (χ3n) is 4.38. The van der Waals surface area contributed by atoms with Gasteiger partial charge in [-0.15, -0.1) is 0 Å². The van der Waals surface area contributed by atoms with Crippen LogP contribution in [0.15, 0.2) is 53.1 Å². The Morgan fingerprint density at radius 3 is 2.84 bits per heavy atom. The Morgan fingerprint density at radius 2 is 2.00 bits per heavy atom. The summed E-state index contributed by atoms with van der Waals surface area (Å²) in [5.41, 5.74) is 2.64. The first kappa shape index (κ1) is 16.0. The fourth-order valence-electron chi connectivity index (χ4n) is 2.85. The number of hydrogen-bond donors (Lipinski definition) is 1. The van der Waals surface area contributed by atoms with Gasteiger partial charge >= 0.3 is 0 Å². The topological polar surface area (TPSA) is 51.0 Å². The molecule has 0 aliphatic heterocycles. The smallest absolute Gasteiger partial charge is 0.227 e. The molecule has 1 saturated carbocycles. The lowest BCUT2D eigenvalue weighted by atomic mass is 10.0. The molecule has 0 saturated heterocycles. The summed E-state index contributed by atoms with van der Waals surface area (Å²) in [6.07, 6.45) is 3.07. The second-order valence-corrected chi connectivity index (χ2v) is 6.43. The van der Waals surface area contributed by atoms with E-state index in [1.807, 2.05) is 30.3 Å². The van der Waals surface area contributed by atoms with Crippen molar-refractivity contribution in [1.82, 2.24) is 15.5 Å². The number of nitrogens with one attached hydrogen (secondary N) is 1. The van der Waals surface area contributed by atoms with E-state index in [4.69, 9.17) is 4.52 Å². The number of hydrogen-bond acceptors (Lipinski definition) is 4. The van der Waals surface area contributed by atoms with Gasteiger partial charge in [0.05, 0.1) is 0 Å². The van der Waals surface area contributed by atoms with Crippen LogP contribution in [0.25, 0.3) is 11.1 Å². The maximum Gasteiger partial charge on any atom is 0.227 e. The van der Waals surface area contributed by atoms with E-state index in [9.17, 15) is 4.39 Å². The largest absolute Gasteiger partial charge is 0.339 e. The quantitative estimate of drug-likeness (QED) is 0.660. The molecule has 4 nitrogen and oxygen atoms in total. The molecule has 1 aliphatic rings. The van der Waals surface area contributed by atoms with Crippen LogP contribution in [0.2, 0.25) is 0 Å². The molecule has 0 amide bonds. The lowest BCUT2D eigenvalue weighted by Crippen LogP contribution is -2.16. The lowest BCUT2D eigenvalue weighted by molar-refractivity contribution is 0.370. The van der Waals surface area contributed by atoms with Gasteiger partial charge in [-0.05, 0) is 36.1 Å².